The Morgan fingerprint density at radius 2 is 1.44 bits per heavy atom. The Bertz CT molecular complexity index is 842. The molecule has 3 N–H and O–H groups in total. The summed E-state index contributed by atoms with van der Waals surface area (Å²) in [5.41, 5.74) is 1.96. The maximum absolute atomic E-state index is 10.8. The largest absolute Gasteiger partial charge is 0.508 e. The fourth-order valence-corrected chi connectivity index (χ4v) is 4.16. The van der Waals surface area contributed by atoms with Crippen LogP contribution in [0.3, 0.4) is 0 Å². The van der Waals surface area contributed by atoms with Crippen molar-refractivity contribution in [3.8, 4) is 28.7 Å². The second-order valence-electron chi connectivity index (χ2n) is 9.90. The molecule has 0 heterocycles. The van der Waals surface area contributed by atoms with E-state index in [2.05, 4.69) is 33.8 Å². The molecule has 0 saturated heterocycles. The third-order valence-corrected chi connectivity index (χ3v) is 6.17. The molecule has 0 aliphatic carbocycles. The summed E-state index contributed by atoms with van der Waals surface area (Å²) in [7, 11) is 0. The van der Waals surface area contributed by atoms with Crippen molar-refractivity contribution in [2.45, 2.75) is 85.5 Å². The van der Waals surface area contributed by atoms with Crippen molar-refractivity contribution in [3.05, 3.63) is 41.5 Å². The van der Waals surface area contributed by atoms with E-state index in [4.69, 9.17) is 9.47 Å². The molecule has 0 aliphatic rings. The van der Waals surface area contributed by atoms with Crippen LogP contribution in [-0.2, 0) is 12.8 Å². The lowest BCUT2D eigenvalue weighted by Crippen LogP contribution is -2.11. The molecule has 1 atom stereocenters. The van der Waals surface area contributed by atoms with Gasteiger partial charge in [-0.2, -0.15) is 0 Å². The van der Waals surface area contributed by atoms with Gasteiger partial charge in [-0.05, 0) is 55.2 Å². The molecule has 5 heteroatoms. The third-order valence-electron chi connectivity index (χ3n) is 6.17. The molecule has 190 valence electrons. The first-order valence-corrected chi connectivity index (χ1v) is 12.9. The average Bonchev–Trinajstić information content (AvgIpc) is 2.75. The van der Waals surface area contributed by atoms with E-state index < -0.39 is 0 Å². The summed E-state index contributed by atoms with van der Waals surface area (Å²) >= 11 is 0. The van der Waals surface area contributed by atoms with Gasteiger partial charge in [-0.25, -0.2) is 0 Å². The van der Waals surface area contributed by atoms with Crippen molar-refractivity contribution < 1.29 is 24.8 Å². The first-order chi connectivity index (χ1) is 16.3. The van der Waals surface area contributed by atoms with Crippen molar-refractivity contribution in [2.24, 2.45) is 11.8 Å². The van der Waals surface area contributed by atoms with Gasteiger partial charge < -0.3 is 24.8 Å². The fraction of sp³-hybridized carbons (Fsp3) is 0.586. The molecule has 0 saturated carbocycles. The molecule has 0 radical (unpaired) electrons. The molecule has 0 unspecified atom stereocenters. The summed E-state index contributed by atoms with van der Waals surface area (Å²) in [6, 6.07) is 8.12. The Morgan fingerprint density at radius 1 is 0.735 bits per heavy atom. The lowest BCUT2D eigenvalue weighted by Gasteiger charge is -2.18. The highest BCUT2D eigenvalue weighted by Gasteiger charge is 2.14. The van der Waals surface area contributed by atoms with Crippen molar-refractivity contribution in [1.29, 1.82) is 0 Å². The van der Waals surface area contributed by atoms with Crippen LogP contribution < -0.4 is 9.47 Å². The first-order valence-electron chi connectivity index (χ1n) is 12.9. The quantitative estimate of drug-likeness (QED) is 0.222. The van der Waals surface area contributed by atoms with E-state index >= 15 is 0 Å². The Hall–Kier alpha value is -2.56. The summed E-state index contributed by atoms with van der Waals surface area (Å²) in [6.45, 7) is 9.56. The van der Waals surface area contributed by atoms with Crippen molar-refractivity contribution >= 4 is 0 Å². The van der Waals surface area contributed by atoms with Crippen LogP contribution in [0.15, 0.2) is 30.3 Å². The van der Waals surface area contributed by atoms with Gasteiger partial charge in [0.2, 0.25) is 0 Å². The number of phenols is 3. The number of hydrogen-bond acceptors (Lipinski definition) is 5. The standard InChI is InChI=1S/C29H44O5/c1-5-6-7-11-23-16-28(32)27(13-12-22(4)10-8-9-21(2)3)29(17-23)34-15-14-33-26-19-24(30)18-25(31)20-26/h16-22,30-32H,5-15H2,1-4H3/t22-/m1/s1. The van der Waals surface area contributed by atoms with E-state index in [1.54, 1.807) is 0 Å². The minimum Gasteiger partial charge on any atom is -0.508 e. The Labute approximate surface area is 205 Å². The lowest BCUT2D eigenvalue weighted by molar-refractivity contribution is 0.214. The lowest BCUT2D eigenvalue weighted by atomic mass is 9.93. The Morgan fingerprint density at radius 3 is 2.12 bits per heavy atom. The van der Waals surface area contributed by atoms with E-state index in [-0.39, 0.29) is 18.1 Å². The molecule has 2 aromatic carbocycles. The van der Waals surface area contributed by atoms with E-state index in [0.717, 1.165) is 61.3 Å². The van der Waals surface area contributed by atoms with Gasteiger partial charge in [0, 0.05) is 23.8 Å². The summed E-state index contributed by atoms with van der Waals surface area (Å²) < 4.78 is 11.7. The number of unbranched alkanes of at least 4 members (excludes halogenated alkanes) is 2. The SMILES string of the molecule is CCCCCc1cc(O)c(CC[C@H](C)CCCC(C)C)c(OCCOc2cc(O)cc(O)c2)c1. The minimum atomic E-state index is -0.0505. The van der Waals surface area contributed by atoms with Crippen LogP contribution in [0, 0.1) is 11.8 Å². The van der Waals surface area contributed by atoms with Crippen molar-refractivity contribution in [2.75, 3.05) is 13.2 Å². The van der Waals surface area contributed by atoms with Crippen LogP contribution in [0.4, 0.5) is 0 Å². The summed E-state index contributed by atoms with van der Waals surface area (Å²) in [4.78, 5) is 0. The monoisotopic (exact) mass is 472 g/mol. The van der Waals surface area contributed by atoms with Gasteiger partial charge >= 0.3 is 0 Å². The topological polar surface area (TPSA) is 79.2 Å². The second-order valence-corrected chi connectivity index (χ2v) is 9.90. The zero-order valence-corrected chi connectivity index (χ0v) is 21.5. The molecular weight excluding hydrogens is 428 g/mol. The van der Waals surface area contributed by atoms with Crippen LogP contribution >= 0.6 is 0 Å². The van der Waals surface area contributed by atoms with Crippen molar-refractivity contribution in [1.82, 2.24) is 0 Å². The molecule has 34 heavy (non-hydrogen) atoms. The van der Waals surface area contributed by atoms with E-state index in [1.807, 2.05) is 6.07 Å². The number of phenolic OH excluding ortho intramolecular Hbond substituents is 3. The van der Waals surface area contributed by atoms with E-state index in [1.165, 1.54) is 37.5 Å². The van der Waals surface area contributed by atoms with Gasteiger partial charge in [0.15, 0.2) is 0 Å². The maximum atomic E-state index is 10.8. The zero-order chi connectivity index (χ0) is 24.9. The smallest absolute Gasteiger partial charge is 0.126 e. The summed E-state index contributed by atoms with van der Waals surface area (Å²) in [5, 5.41) is 30.0. The van der Waals surface area contributed by atoms with Crippen LogP contribution in [0.25, 0.3) is 0 Å². The number of ether oxygens (including phenoxy) is 2. The first kappa shape index (κ1) is 27.7. The molecule has 0 bridgehead atoms. The number of aryl methyl sites for hydroxylation is 1. The van der Waals surface area contributed by atoms with Gasteiger partial charge in [0.1, 0.15) is 42.0 Å². The second kappa shape index (κ2) is 14.6. The molecule has 0 aliphatic heterocycles. The molecule has 0 spiro atoms. The summed E-state index contributed by atoms with van der Waals surface area (Å²) in [5.74, 6) is 2.66. The maximum Gasteiger partial charge on any atom is 0.126 e. The van der Waals surface area contributed by atoms with E-state index in [0.29, 0.717) is 24.0 Å². The van der Waals surface area contributed by atoms with Crippen LogP contribution in [-0.4, -0.2) is 28.5 Å². The molecule has 2 aromatic rings. The van der Waals surface area contributed by atoms with Crippen LogP contribution in [0.1, 0.15) is 83.8 Å². The van der Waals surface area contributed by atoms with Gasteiger partial charge in [-0.1, -0.05) is 59.8 Å². The van der Waals surface area contributed by atoms with Gasteiger partial charge in [0.05, 0.1) is 0 Å². The predicted molar refractivity (Wildman–Crippen MR) is 138 cm³/mol. The molecule has 2 rings (SSSR count). The number of aromatic hydroxyl groups is 3. The van der Waals surface area contributed by atoms with Gasteiger partial charge in [0.25, 0.3) is 0 Å². The third kappa shape index (κ3) is 10.1. The number of rotatable bonds is 16. The zero-order valence-electron chi connectivity index (χ0n) is 21.5. The van der Waals surface area contributed by atoms with Crippen LogP contribution in [0.5, 0.6) is 28.7 Å². The highest BCUT2D eigenvalue weighted by atomic mass is 16.5. The predicted octanol–water partition coefficient (Wildman–Crippen LogP) is 7.39. The molecule has 0 aromatic heterocycles. The van der Waals surface area contributed by atoms with Crippen LogP contribution in [0.2, 0.25) is 0 Å². The molecular formula is C29H44O5. The Kier molecular flexibility index (Phi) is 11.9. The van der Waals surface area contributed by atoms with Gasteiger partial charge in [-0.3, -0.25) is 0 Å². The normalized spacial score (nSPS) is 12.1. The Balaban J connectivity index is 2.01. The molecule has 5 nitrogen and oxygen atoms in total. The number of hydrogen-bond donors (Lipinski definition) is 3. The minimum absolute atomic E-state index is 0.0505. The average molecular weight is 473 g/mol. The van der Waals surface area contributed by atoms with Crippen molar-refractivity contribution in [3.63, 3.8) is 0 Å². The highest BCUT2D eigenvalue weighted by molar-refractivity contribution is 5.47. The van der Waals surface area contributed by atoms with E-state index in [9.17, 15) is 15.3 Å². The highest BCUT2D eigenvalue weighted by Crippen LogP contribution is 2.33. The summed E-state index contributed by atoms with van der Waals surface area (Å²) in [6.07, 6.45) is 9.82. The molecule has 0 fully saturated rings. The molecule has 0 amide bonds. The number of benzene rings is 2. The van der Waals surface area contributed by atoms with Gasteiger partial charge in [-0.15, -0.1) is 0 Å². The fourth-order valence-electron chi connectivity index (χ4n) is 4.16.